The van der Waals surface area contributed by atoms with E-state index in [2.05, 4.69) is 20.8 Å². The monoisotopic (exact) mass is 532 g/mol. The maximum absolute atomic E-state index is 12.0. The van der Waals surface area contributed by atoms with Gasteiger partial charge < -0.3 is 10.0 Å². The molecule has 0 saturated carbocycles. The zero-order chi connectivity index (χ0) is 28.0. The Kier molecular flexibility index (Phi) is 5.99. The van der Waals surface area contributed by atoms with Crippen molar-refractivity contribution < 1.29 is 19.5 Å². The first-order chi connectivity index (χ1) is 19.2. The van der Waals surface area contributed by atoms with Crippen LogP contribution >= 0.6 is 0 Å². The summed E-state index contributed by atoms with van der Waals surface area (Å²) in [6, 6.07) is 22.1. The second-order valence-corrected chi connectivity index (χ2v) is 9.71. The largest absolute Gasteiger partial charge is 0.505 e. The maximum Gasteiger partial charge on any atom is 0.328 e. The topological polar surface area (TPSA) is 129 Å². The third kappa shape index (κ3) is 4.62. The van der Waals surface area contributed by atoms with Crippen molar-refractivity contribution in [2.45, 2.75) is 13.5 Å². The molecule has 5 aromatic rings. The Labute approximate surface area is 228 Å². The van der Waals surface area contributed by atoms with Gasteiger partial charge in [0.05, 0.1) is 0 Å². The van der Waals surface area contributed by atoms with Crippen LogP contribution in [-0.2, 0) is 16.1 Å². The molecule has 0 atom stereocenters. The first kappa shape index (κ1) is 24.8. The highest BCUT2D eigenvalue weighted by Crippen LogP contribution is 2.31. The minimum Gasteiger partial charge on any atom is -0.505 e. The van der Waals surface area contributed by atoms with Crippen molar-refractivity contribution in [3.8, 4) is 11.4 Å². The van der Waals surface area contributed by atoms with Gasteiger partial charge in [0.15, 0.2) is 0 Å². The van der Waals surface area contributed by atoms with E-state index in [0.29, 0.717) is 17.8 Å². The second kappa shape index (κ2) is 9.66. The zero-order valence-electron chi connectivity index (χ0n) is 21.7. The molecule has 6 rings (SSSR count). The number of fused-ring (bicyclic) bond motifs is 2. The van der Waals surface area contributed by atoms with Crippen LogP contribution in [-0.4, -0.2) is 45.0 Å². The number of carbonyl (C=O) groups excluding carboxylic acids is 3. The molecule has 1 saturated heterocycles. The van der Waals surface area contributed by atoms with Gasteiger partial charge in [-0.25, -0.2) is 4.79 Å². The van der Waals surface area contributed by atoms with Gasteiger partial charge >= 0.3 is 6.03 Å². The molecule has 4 amide bonds. The van der Waals surface area contributed by atoms with E-state index in [0.717, 1.165) is 38.6 Å². The molecule has 0 radical (unpaired) electrons. The predicted octanol–water partition coefficient (Wildman–Crippen LogP) is 3.97. The van der Waals surface area contributed by atoms with Crippen molar-refractivity contribution in [1.29, 1.82) is 0 Å². The number of nitrogens with zero attached hydrogens (tertiary/aromatic N) is 4. The molecular weight excluding hydrogens is 508 g/mol. The fourth-order valence-corrected chi connectivity index (χ4v) is 4.77. The molecule has 0 bridgehead atoms. The van der Waals surface area contributed by atoms with Gasteiger partial charge in [-0.1, -0.05) is 36.4 Å². The van der Waals surface area contributed by atoms with Crippen LogP contribution in [0.1, 0.15) is 16.7 Å². The second-order valence-electron chi connectivity index (χ2n) is 9.71. The van der Waals surface area contributed by atoms with Crippen LogP contribution < -0.4 is 15.5 Å². The number of phenols is 1. The maximum atomic E-state index is 12.0. The SMILES string of the molecule is Cc1cc(CN(C)c2ccc3cc(C=C4C(=O)NC(=O)NC4=O)ccc3c2)c(O)c(-n2nc3ccccc3n2)c1. The van der Waals surface area contributed by atoms with Gasteiger partial charge in [-0.15, -0.1) is 15.0 Å². The molecule has 1 aromatic heterocycles. The molecule has 1 aliphatic rings. The van der Waals surface area contributed by atoms with Crippen LogP contribution in [0.3, 0.4) is 0 Å². The van der Waals surface area contributed by atoms with Crippen molar-refractivity contribution in [2.24, 2.45) is 0 Å². The number of amides is 4. The number of barbiturate groups is 1. The molecule has 10 heteroatoms. The lowest BCUT2D eigenvalue weighted by Gasteiger charge is -2.22. The van der Waals surface area contributed by atoms with Gasteiger partial charge in [0.1, 0.15) is 28.0 Å². The summed E-state index contributed by atoms with van der Waals surface area (Å²) in [7, 11) is 1.95. The smallest absolute Gasteiger partial charge is 0.328 e. The molecule has 40 heavy (non-hydrogen) atoms. The summed E-state index contributed by atoms with van der Waals surface area (Å²) in [5, 5.41) is 26.2. The summed E-state index contributed by atoms with van der Waals surface area (Å²) >= 11 is 0. The fraction of sp³-hybridized carbons (Fsp3) is 0.100. The van der Waals surface area contributed by atoms with Crippen molar-refractivity contribution in [3.63, 3.8) is 0 Å². The van der Waals surface area contributed by atoms with Crippen molar-refractivity contribution in [3.05, 3.63) is 95.1 Å². The van der Waals surface area contributed by atoms with E-state index in [9.17, 15) is 19.5 Å². The third-order valence-electron chi connectivity index (χ3n) is 6.77. The Morgan fingerprint density at radius 2 is 1.52 bits per heavy atom. The Morgan fingerprint density at radius 3 is 2.23 bits per heavy atom. The first-order valence-electron chi connectivity index (χ1n) is 12.5. The van der Waals surface area contributed by atoms with Gasteiger partial charge in [0.25, 0.3) is 11.8 Å². The molecule has 0 unspecified atom stereocenters. The number of urea groups is 1. The Morgan fingerprint density at radius 1 is 0.875 bits per heavy atom. The third-order valence-corrected chi connectivity index (χ3v) is 6.77. The molecule has 1 aliphatic heterocycles. The van der Waals surface area contributed by atoms with E-state index in [1.165, 1.54) is 10.9 Å². The Bertz CT molecular complexity index is 1840. The van der Waals surface area contributed by atoms with Gasteiger partial charge in [0, 0.05) is 24.8 Å². The number of anilines is 1. The normalized spacial score (nSPS) is 13.4. The van der Waals surface area contributed by atoms with E-state index in [-0.39, 0.29) is 11.3 Å². The quantitative estimate of drug-likeness (QED) is 0.231. The van der Waals surface area contributed by atoms with E-state index in [1.54, 1.807) is 6.07 Å². The summed E-state index contributed by atoms with van der Waals surface area (Å²) in [6.45, 7) is 2.41. The van der Waals surface area contributed by atoms with Crippen LogP contribution in [0.4, 0.5) is 10.5 Å². The molecule has 1 fully saturated rings. The number of nitrogens with one attached hydrogen (secondary N) is 2. The van der Waals surface area contributed by atoms with E-state index in [1.807, 2.05) is 85.6 Å². The number of benzene rings is 4. The number of carbonyl (C=O) groups is 3. The van der Waals surface area contributed by atoms with Crippen molar-refractivity contribution in [2.75, 3.05) is 11.9 Å². The minimum atomic E-state index is -0.830. The fourth-order valence-electron chi connectivity index (χ4n) is 4.77. The number of hydrogen-bond donors (Lipinski definition) is 3. The lowest BCUT2D eigenvalue weighted by atomic mass is 10.0. The number of phenolic OH excluding ortho intramolecular Hbond substituents is 1. The molecule has 4 aromatic carbocycles. The highest BCUT2D eigenvalue weighted by molar-refractivity contribution is 6.31. The lowest BCUT2D eigenvalue weighted by molar-refractivity contribution is -0.123. The zero-order valence-corrected chi connectivity index (χ0v) is 21.7. The lowest BCUT2D eigenvalue weighted by Crippen LogP contribution is -2.51. The summed E-state index contributed by atoms with van der Waals surface area (Å²) in [6.07, 6.45) is 1.45. The van der Waals surface area contributed by atoms with E-state index >= 15 is 0 Å². The molecular formula is C30H24N6O4. The summed E-state index contributed by atoms with van der Waals surface area (Å²) < 4.78 is 0. The molecule has 0 aliphatic carbocycles. The molecule has 198 valence electrons. The van der Waals surface area contributed by atoms with Gasteiger partial charge in [-0.2, -0.15) is 0 Å². The highest BCUT2D eigenvalue weighted by atomic mass is 16.3. The predicted molar refractivity (Wildman–Crippen MR) is 151 cm³/mol. The average molecular weight is 533 g/mol. The molecule has 3 N–H and O–H groups in total. The van der Waals surface area contributed by atoms with Crippen molar-refractivity contribution >= 4 is 51.4 Å². The first-order valence-corrected chi connectivity index (χ1v) is 12.5. The van der Waals surface area contributed by atoms with E-state index < -0.39 is 17.8 Å². The number of imide groups is 2. The summed E-state index contributed by atoms with van der Waals surface area (Å²) in [5.74, 6) is -1.34. The number of aromatic hydroxyl groups is 1. The summed E-state index contributed by atoms with van der Waals surface area (Å²) in [5.41, 5.74) is 5.19. The van der Waals surface area contributed by atoms with Crippen molar-refractivity contribution in [1.82, 2.24) is 25.6 Å². The van der Waals surface area contributed by atoms with E-state index in [4.69, 9.17) is 0 Å². The van der Waals surface area contributed by atoms with Gasteiger partial charge in [0.2, 0.25) is 0 Å². The van der Waals surface area contributed by atoms with Crippen LogP contribution in [0.15, 0.2) is 78.4 Å². The van der Waals surface area contributed by atoms with Crippen LogP contribution in [0.25, 0.3) is 33.6 Å². The number of aromatic nitrogens is 3. The summed E-state index contributed by atoms with van der Waals surface area (Å²) in [4.78, 5) is 38.9. The molecule has 2 heterocycles. The van der Waals surface area contributed by atoms with Crippen LogP contribution in [0, 0.1) is 6.92 Å². The molecule has 0 spiro atoms. The van der Waals surface area contributed by atoms with Crippen LogP contribution in [0.5, 0.6) is 5.75 Å². The number of aryl methyl sites for hydroxylation is 1. The average Bonchev–Trinajstić information content (AvgIpc) is 3.36. The minimum absolute atomic E-state index is 0.119. The Hall–Kier alpha value is -5.51. The number of rotatable bonds is 5. The number of hydrogen-bond acceptors (Lipinski definition) is 7. The van der Waals surface area contributed by atoms with Crippen LogP contribution in [0.2, 0.25) is 0 Å². The van der Waals surface area contributed by atoms with Gasteiger partial charge in [-0.05, 0) is 71.3 Å². The Balaban J connectivity index is 1.26. The van der Waals surface area contributed by atoms with Gasteiger partial charge in [-0.3, -0.25) is 20.2 Å². The standard InChI is InChI=1S/C30H24N6O4/c1-17-11-21(27(37)26(12-17)36-33-24-5-3-4-6-25(24)34-36)16-35(2)22-10-9-19-13-18(7-8-20(19)15-22)14-23-28(38)31-30(40)32-29(23)39/h3-15,37H,16H2,1-2H3,(H2,31,32,38,39,40). The highest BCUT2D eigenvalue weighted by Gasteiger charge is 2.27. The molecule has 10 nitrogen and oxygen atoms in total.